The molecule has 0 unspecified atom stereocenters. The SMILES string of the molecule is Cc1ccc(NCCCc2ccccc2)c(=O)n1Cc1nc(-c2ccc(C(N)=O)cn2)no1. The number of hydrogen-bond donors (Lipinski definition) is 2. The van der Waals surface area contributed by atoms with Gasteiger partial charge in [-0.3, -0.25) is 14.6 Å². The van der Waals surface area contributed by atoms with Crippen molar-refractivity contribution in [2.24, 2.45) is 5.73 Å². The molecule has 0 radical (unpaired) electrons. The fraction of sp³-hybridized carbons (Fsp3) is 0.208. The number of amides is 1. The zero-order valence-electron chi connectivity index (χ0n) is 18.2. The molecule has 0 aliphatic carbocycles. The standard InChI is InChI=1S/C24H24N6O3/c1-16-9-11-20(26-13-5-8-17-6-3-2-4-7-17)24(32)30(16)15-21-28-23(29-33-21)19-12-10-18(14-27-19)22(25)31/h2-4,6-7,9-12,14,26H,5,8,13,15H2,1H3,(H2,25,31). The fourth-order valence-electron chi connectivity index (χ4n) is 3.39. The number of aryl methyl sites for hydroxylation is 2. The Morgan fingerprint density at radius 1 is 1.12 bits per heavy atom. The highest BCUT2D eigenvalue weighted by atomic mass is 16.5. The smallest absolute Gasteiger partial charge is 0.274 e. The maximum atomic E-state index is 13.0. The Morgan fingerprint density at radius 3 is 2.67 bits per heavy atom. The number of nitrogens with two attached hydrogens (primary N) is 1. The van der Waals surface area contributed by atoms with E-state index in [2.05, 4.69) is 32.6 Å². The third-order valence-electron chi connectivity index (χ3n) is 5.23. The molecule has 3 N–H and O–H groups in total. The maximum absolute atomic E-state index is 13.0. The predicted molar refractivity (Wildman–Crippen MR) is 124 cm³/mol. The van der Waals surface area contributed by atoms with Gasteiger partial charge in [-0.05, 0) is 49.6 Å². The van der Waals surface area contributed by atoms with Gasteiger partial charge in [0, 0.05) is 18.4 Å². The van der Waals surface area contributed by atoms with E-state index in [9.17, 15) is 9.59 Å². The van der Waals surface area contributed by atoms with E-state index in [0.717, 1.165) is 18.5 Å². The second-order valence-electron chi connectivity index (χ2n) is 7.60. The highest BCUT2D eigenvalue weighted by Crippen LogP contribution is 2.14. The van der Waals surface area contributed by atoms with Gasteiger partial charge < -0.3 is 20.1 Å². The van der Waals surface area contributed by atoms with Crippen molar-refractivity contribution in [3.63, 3.8) is 0 Å². The first-order valence-corrected chi connectivity index (χ1v) is 10.6. The molecule has 9 heteroatoms. The zero-order valence-corrected chi connectivity index (χ0v) is 18.2. The number of pyridine rings is 2. The first kappa shape index (κ1) is 21.9. The largest absolute Gasteiger partial charge is 0.381 e. The number of carbonyl (C=O) groups excluding carboxylic acids is 1. The Balaban J connectivity index is 1.43. The van der Waals surface area contributed by atoms with Crippen LogP contribution in [0.25, 0.3) is 11.5 Å². The van der Waals surface area contributed by atoms with Crippen LogP contribution in [0.3, 0.4) is 0 Å². The Morgan fingerprint density at radius 2 is 1.94 bits per heavy atom. The van der Waals surface area contributed by atoms with E-state index in [-0.39, 0.29) is 29.4 Å². The number of primary amides is 1. The molecule has 0 saturated heterocycles. The molecule has 0 atom stereocenters. The van der Waals surface area contributed by atoms with Crippen LogP contribution in [-0.4, -0.2) is 32.1 Å². The first-order valence-electron chi connectivity index (χ1n) is 10.6. The summed E-state index contributed by atoms with van der Waals surface area (Å²) in [7, 11) is 0. The molecule has 0 aliphatic heterocycles. The van der Waals surface area contributed by atoms with Gasteiger partial charge >= 0.3 is 0 Å². The molecule has 33 heavy (non-hydrogen) atoms. The molecule has 0 saturated carbocycles. The molecule has 3 aromatic heterocycles. The van der Waals surface area contributed by atoms with Crippen LogP contribution in [-0.2, 0) is 13.0 Å². The number of anilines is 1. The molecule has 1 aromatic carbocycles. The average Bonchev–Trinajstić information content (AvgIpc) is 3.30. The lowest BCUT2D eigenvalue weighted by Crippen LogP contribution is -2.26. The summed E-state index contributed by atoms with van der Waals surface area (Å²) in [5, 5.41) is 7.17. The molecule has 0 fully saturated rings. The molecule has 0 bridgehead atoms. The number of aromatic nitrogens is 4. The van der Waals surface area contributed by atoms with Gasteiger partial charge in [0.05, 0.1) is 5.56 Å². The third kappa shape index (κ3) is 5.32. The van der Waals surface area contributed by atoms with E-state index < -0.39 is 5.91 Å². The minimum Gasteiger partial charge on any atom is -0.381 e. The number of carbonyl (C=O) groups is 1. The first-order chi connectivity index (χ1) is 16.0. The summed E-state index contributed by atoms with van der Waals surface area (Å²) in [6.45, 7) is 2.67. The van der Waals surface area contributed by atoms with Crippen molar-refractivity contribution in [1.29, 1.82) is 0 Å². The van der Waals surface area contributed by atoms with Crippen LogP contribution in [0.4, 0.5) is 5.69 Å². The van der Waals surface area contributed by atoms with E-state index >= 15 is 0 Å². The normalized spacial score (nSPS) is 10.8. The average molecular weight is 444 g/mol. The van der Waals surface area contributed by atoms with Gasteiger partial charge in [0.1, 0.15) is 17.9 Å². The predicted octanol–water partition coefficient (Wildman–Crippen LogP) is 2.79. The molecule has 0 spiro atoms. The minimum atomic E-state index is -0.564. The van der Waals surface area contributed by atoms with Crippen LogP contribution >= 0.6 is 0 Å². The summed E-state index contributed by atoms with van der Waals surface area (Å²) < 4.78 is 6.91. The molecule has 9 nitrogen and oxygen atoms in total. The fourth-order valence-corrected chi connectivity index (χ4v) is 3.39. The highest BCUT2D eigenvalue weighted by Gasteiger charge is 2.14. The van der Waals surface area contributed by atoms with Crippen LogP contribution in [0.2, 0.25) is 0 Å². The number of hydrogen-bond acceptors (Lipinski definition) is 7. The monoisotopic (exact) mass is 444 g/mol. The van der Waals surface area contributed by atoms with Gasteiger partial charge in [0.2, 0.25) is 17.6 Å². The number of nitrogens with zero attached hydrogens (tertiary/aromatic N) is 4. The van der Waals surface area contributed by atoms with E-state index in [1.54, 1.807) is 22.8 Å². The quantitative estimate of drug-likeness (QED) is 0.380. The number of nitrogens with one attached hydrogen (secondary N) is 1. The Bertz CT molecular complexity index is 1300. The minimum absolute atomic E-state index is 0.135. The van der Waals surface area contributed by atoms with Crippen LogP contribution < -0.4 is 16.6 Å². The molecular formula is C24H24N6O3. The van der Waals surface area contributed by atoms with Crippen molar-refractivity contribution < 1.29 is 9.32 Å². The van der Waals surface area contributed by atoms with Gasteiger partial charge in [-0.25, -0.2) is 0 Å². The second kappa shape index (κ2) is 9.90. The van der Waals surface area contributed by atoms with Crippen molar-refractivity contribution in [3.05, 3.63) is 93.9 Å². The molecule has 3 heterocycles. The van der Waals surface area contributed by atoms with Gasteiger partial charge in [0.25, 0.3) is 5.56 Å². The van der Waals surface area contributed by atoms with Crippen LogP contribution in [0.1, 0.15) is 33.9 Å². The van der Waals surface area contributed by atoms with Crippen molar-refractivity contribution in [3.8, 4) is 11.5 Å². The lowest BCUT2D eigenvalue weighted by atomic mass is 10.1. The molecule has 4 rings (SSSR count). The Kier molecular flexibility index (Phi) is 6.58. The topological polar surface area (TPSA) is 129 Å². The lowest BCUT2D eigenvalue weighted by molar-refractivity contribution is 0.1000. The molecule has 168 valence electrons. The zero-order chi connectivity index (χ0) is 23.2. The summed E-state index contributed by atoms with van der Waals surface area (Å²) in [4.78, 5) is 32.7. The summed E-state index contributed by atoms with van der Waals surface area (Å²) in [6, 6.07) is 17.0. The van der Waals surface area contributed by atoms with Gasteiger partial charge in [-0.2, -0.15) is 4.98 Å². The van der Waals surface area contributed by atoms with Gasteiger partial charge in [0.15, 0.2) is 0 Å². The van der Waals surface area contributed by atoms with E-state index in [0.29, 0.717) is 17.9 Å². The summed E-state index contributed by atoms with van der Waals surface area (Å²) in [6.07, 6.45) is 3.20. The lowest BCUT2D eigenvalue weighted by Gasteiger charge is -2.11. The highest BCUT2D eigenvalue weighted by molar-refractivity contribution is 5.92. The van der Waals surface area contributed by atoms with Gasteiger partial charge in [-0.15, -0.1) is 0 Å². The molecular weight excluding hydrogens is 420 g/mol. The van der Waals surface area contributed by atoms with Crippen molar-refractivity contribution >= 4 is 11.6 Å². The van der Waals surface area contributed by atoms with Crippen LogP contribution in [0, 0.1) is 6.92 Å². The third-order valence-corrected chi connectivity index (χ3v) is 5.23. The Hall–Kier alpha value is -4.27. The molecule has 0 aliphatic rings. The van der Waals surface area contributed by atoms with Crippen molar-refractivity contribution in [2.75, 3.05) is 11.9 Å². The summed E-state index contributed by atoms with van der Waals surface area (Å²) in [5.74, 6) is -0.0228. The Labute approximate surface area is 190 Å². The summed E-state index contributed by atoms with van der Waals surface area (Å²) in [5.41, 5.74) is 8.38. The van der Waals surface area contributed by atoms with E-state index in [1.807, 2.05) is 31.2 Å². The van der Waals surface area contributed by atoms with Crippen LogP contribution in [0.5, 0.6) is 0 Å². The number of rotatable bonds is 9. The molecule has 4 aromatic rings. The van der Waals surface area contributed by atoms with Crippen LogP contribution in [0.15, 0.2) is 70.1 Å². The van der Waals surface area contributed by atoms with E-state index in [1.165, 1.54) is 11.8 Å². The molecule has 1 amide bonds. The van der Waals surface area contributed by atoms with Crippen molar-refractivity contribution in [1.82, 2.24) is 19.7 Å². The number of benzene rings is 1. The van der Waals surface area contributed by atoms with E-state index in [4.69, 9.17) is 10.3 Å². The van der Waals surface area contributed by atoms with Crippen molar-refractivity contribution in [2.45, 2.75) is 26.3 Å². The summed E-state index contributed by atoms with van der Waals surface area (Å²) >= 11 is 0. The maximum Gasteiger partial charge on any atom is 0.274 e. The van der Waals surface area contributed by atoms with Gasteiger partial charge in [-0.1, -0.05) is 35.5 Å². The second-order valence-corrected chi connectivity index (χ2v) is 7.60.